The van der Waals surface area contributed by atoms with Gasteiger partial charge in [-0.2, -0.15) is 0 Å². The number of ether oxygens (including phenoxy) is 3. The Hall–Kier alpha value is -3.77. The molecule has 2 N–H and O–H groups in total. The van der Waals surface area contributed by atoms with Gasteiger partial charge >= 0.3 is 24.3 Å². The van der Waals surface area contributed by atoms with Crippen LogP contribution in [0.2, 0.25) is 0 Å². The molecular formula is C20H21F3N4O6. The number of nitrogens with one attached hydrogen (secondary N) is 2. The van der Waals surface area contributed by atoms with Crippen LogP contribution in [-0.4, -0.2) is 66.0 Å². The van der Waals surface area contributed by atoms with Crippen LogP contribution in [0.3, 0.4) is 0 Å². The molecule has 0 saturated carbocycles. The number of methoxy groups -OCH3 is 2. The Morgan fingerprint density at radius 2 is 1.97 bits per heavy atom. The lowest BCUT2D eigenvalue weighted by Gasteiger charge is -2.36. The van der Waals surface area contributed by atoms with Crippen molar-refractivity contribution in [1.29, 1.82) is 0 Å². The number of rotatable bonds is 6. The Morgan fingerprint density at radius 3 is 2.64 bits per heavy atom. The van der Waals surface area contributed by atoms with Crippen molar-refractivity contribution in [2.24, 2.45) is 0 Å². The molecule has 1 aromatic heterocycles. The Morgan fingerprint density at radius 1 is 1.24 bits per heavy atom. The number of hydrogen-bond acceptors (Lipinski definition) is 7. The molecule has 0 saturated heterocycles. The highest BCUT2D eigenvalue weighted by Gasteiger charge is 2.39. The van der Waals surface area contributed by atoms with Crippen LogP contribution in [0.1, 0.15) is 29.4 Å². The normalized spacial score (nSPS) is 16.4. The number of para-hydroxylation sites is 1. The fourth-order valence-electron chi connectivity index (χ4n) is 3.55. The van der Waals surface area contributed by atoms with Crippen LogP contribution < -0.4 is 10.1 Å². The Bertz CT molecular complexity index is 1030. The summed E-state index contributed by atoms with van der Waals surface area (Å²) in [4.78, 5) is 45.2. The summed E-state index contributed by atoms with van der Waals surface area (Å²) in [5, 5.41) is 2.40. The average molecular weight is 470 g/mol. The summed E-state index contributed by atoms with van der Waals surface area (Å²) in [6.45, 7) is 0.0815. The number of aromatic nitrogens is 2. The van der Waals surface area contributed by atoms with Crippen molar-refractivity contribution in [2.75, 3.05) is 20.8 Å². The van der Waals surface area contributed by atoms with E-state index in [4.69, 9.17) is 0 Å². The summed E-state index contributed by atoms with van der Waals surface area (Å²) in [6.07, 6.45) is -3.74. The Labute approximate surface area is 186 Å². The largest absolute Gasteiger partial charge is 0.573 e. The third-order valence-corrected chi connectivity index (χ3v) is 5.01. The number of H-pyrrole nitrogens is 1. The first-order valence-corrected chi connectivity index (χ1v) is 9.73. The number of carbonyl (C=O) groups is 3. The third-order valence-electron chi connectivity index (χ3n) is 5.01. The molecule has 1 aromatic carbocycles. The molecule has 2 heterocycles. The van der Waals surface area contributed by atoms with Crippen molar-refractivity contribution in [3.05, 3.63) is 47.5 Å². The monoisotopic (exact) mass is 470 g/mol. The van der Waals surface area contributed by atoms with Gasteiger partial charge in [-0.15, -0.1) is 13.2 Å². The molecule has 0 fully saturated rings. The molecular weight excluding hydrogens is 449 g/mol. The number of carbonyl (C=O) groups excluding carboxylic acids is 3. The van der Waals surface area contributed by atoms with Crippen molar-refractivity contribution in [3.63, 3.8) is 0 Å². The molecule has 2 amide bonds. The topological polar surface area (TPSA) is 123 Å². The number of alkyl halides is 3. The minimum Gasteiger partial charge on any atom is -0.469 e. The third kappa shape index (κ3) is 5.54. The van der Waals surface area contributed by atoms with E-state index in [1.54, 1.807) is 0 Å². The second kappa shape index (κ2) is 9.79. The van der Waals surface area contributed by atoms with Crippen LogP contribution >= 0.6 is 0 Å². The lowest BCUT2D eigenvalue weighted by atomic mass is 9.95. The number of urea groups is 1. The molecule has 13 heteroatoms. The van der Waals surface area contributed by atoms with E-state index in [1.165, 1.54) is 29.4 Å². The second-order valence-corrected chi connectivity index (χ2v) is 7.00. The SMILES string of the molecule is COC(=O)C[C@H](NC(=O)N1CCc2[nH]cnc2[C@H]1c1ccccc1OC(F)(F)F)C(=O)OC. The maximum absolute atomic E-state index is 13.2. The summed E-state index contributed by atoms with van der Waals surface area (Å²) in [7, 11) is 2.21. The molecule has 0 bridgehead atoms. The van der Waals surface area contributed by atoms with E-state index >= 15 is 0 Å². The molecule has 0 aliphatic carbocycles. The molecule has 3 rings (SSSR count). The van der Waals surface area contributed by atoms with Crippen LogP contribution in [0.5, 0.6) is 5.75 Å². The van der Waals surface area contributed by atoms with E-state index < -0.39 is 48.6 Å². The smallest absolute Gasteiger partial charge is 0.469 e. The first-order valence-electron chi connectivity index (χ1n) is 9.73. The maximum Gasteiger partial charge on any atom is 0.573 e. The fraction of sp³-hybridized carbons (Fsp3) is 0.400. The van der Waals surface area contributed by atoms with Gasteiger partial charge in [0.15, 0.2) is 0 Å². The summed E-state index contributed by atoms with van der Waals surface area (Å²) in [5.41, 5.74) is 1.02. The van der Waals surface area contributed by atoms with Gasteiger partial charge in [-0.25, -0.2) is 14.6 Å². The van der Waals surface area contributed by atoms with Gasteiger partial charge in [-0.05, 0) is 6.07 Å². The highest BCUT2D eigenvalue weighted by molar-refractivity contribution is 5.87. The van der Waals surface area contributed by atoms with Crippen molar-refractivity contribution < 1.29 is 41.8 Å². The predicted molar refractivity (Wildman–Crippen MR) is 105 cm³/mol. The van der Waals surface area contributed by atoms with Gasteiger partial charge in [0, 0.05) is 24.2 Å². The zero-order valence-corrected chi connectivity index (χ0v) is 17.6. The van der Waals surface area contributed by atoms with E-state index in [2.05, 4.69) is 29.5 Å². The van der Waals surface area contributed by atoms with Gasteiger partial charge < -0.3 is 29.4 Å². The maximum atomic E-state index is 13.2. The molecule has 2 aromatic rings. The predicted octanol–water partition coefficient (Wildman–Crippen LogP) is 2.07. The number of aromatic amines is 1. The zero-order chi connectivity index (χ0) is 24.2. The molecule has 0 radical (unpaired) electrons. The Kier molecular flexibility index (Phi) is 7.09. The van der Waals surface area contributed by atoms with E-state index in [0.717, 1.165) is 20.3 Å². The molecule has 10 nitrogen and oxygen atoms in total. The van der Waals surface area contributed by atoms with E-state index in [-0.39, 0.29) is 12.1 Å². The quantitative estimate of drug-likeness (QED) is 0.620. The highest BCUT2D eigenvalue weighted by Crippen LogP contribution is 2.39. The number of halogens is 3. The van der Waals surface area contributed by atoms with Crippen LogP contribution in [0.4, 0.5) is 18.0 Å². The van der Waals surface area contributed by atoms with Crippen molar-refractivity contribution in [1.82, 2.24) is 20.2 Å². The van der Waals surface area contributed by atoms with Crippen molar-refractivity contribution in [3.8, 4) is 5.75 Å². The average Bonchev–Trinajstić information content (AvgIpc) is 3.25. The number of esters is 2. The van der Waals surface area contributed by atoms with Crippen LogP contribution in [-0.2, 0) is 25.5 Å². The lowest BCUT2D eigenvalue weighted by molar-refractivity contribution is -0.275. The lowest BCUT2D eigenvalue weighted by Crippen LogP contribution is -2.52. The summed E-state index contributed by atoms with van der Waals surface area (Å²) >= 11 is 0. The molecule has 1 aliphatic heterocycles. The molecule has 0 unspecified atom stereocenters. The minimum atomic E-state index is -4.96. The Balaban J connectivity index is 1.97. The number of imidazole rings is 1. The molecule has 33 heavy (non-hydrogen) atoms. The number of fused-ring (bicyclic) bond motifs is 1. The summed E-state index contributed by atoms with van der Waals surface area (Å²) in [6, 6.07) is 2.16. The first kappa shape index (κ1) is 23.9. The summed E-state index contributed by atoms with van der Waals surface area (Å²) < 4.78 is 52.4. The van der Waals surface area contributed by atoms with Crippen LogP contribution in [0.15, 0.2) is 30.6 Å². The van der Waals surface area contributed by atoms with Crippen molar-refractivity contribution in [2.45, 2.75) is 31.3 Å². The molecule has 2 atom stereocenters. The molecule has 178 valence electrons. The van der Waals surface area contributed by atoms with Gasteiger partial charge in [0.05, 0.1) is 32.7 Å². The fourth-order valence-corrected chi connectivity index (χ4v) is 3.55. The van der Waals surface area contributed by atoms with Crippen LogP contribution in [0, 0.1) is 0 Å². The number of nitrogens with zero attached hydrogens (tertiary/aromatic N) is 2. The summed E-state index contributed by atoms with van der Waals surface area (Å²) in [5.74, 6) is -2.15. The highest BCUT2D eigenvalue weighted by atomic mass is 19.4. The van der Waals surface area contributed by atoms with E-state index in [0.29, 0.717) is 17.8 Å². The van der Waals surface area contributed by atoms with Crippen LogP contribution in [0.25, 0.3) is 0 Å². The standard InChI is InChI=1S/C20H21F3N4O6/c1-31-15(28)9-13(18(29)32-2)26-19(30)27-8-7-12-16(25-10-24-12)17(27)11-5-3-4-6-14(11)33-20(21,22)23/h3-6,10,13,17H,7-9H2,1-2H3,(H,24,25)(H,26,30)/t13-,17+/m0/s1. The molecule has 1 aliphatic rings. The molecule has 0 spiro atoms. The van der Waals surface area contributed by atoms with Gasteiger partial charge in [0.2, 0.25) is 0 Å². The van der Waals surface area contributed by atoms with Gasteiger partial charge in [0.25, 0.3) is 0 Å². The minimum absolute atomic E-state index is 0.0422. The van der Waals surface area contributed by atoms with E-state index in [1.807, 2.05) is 0 Å². The number of hydrogen-bond donors (Lipinski definition) is 2. The van der Waals surface area contributed by atoms with Gasteiger partial charge in [-0.1, -0.05) is 18.2 Å². The number of amides is 2. The van der Waals surface area contributed by atoms with E-state index in [9.17, 15) is 27.6 Å². The van der Waals surface area contributed by atoms with Gasteiger partial charge in [-0.3, -0.25) is 4.79 Å². The second-order valence-electron chi connectivity index (χ2n) is 7.00. The first-order chi connectivity index (χ1) is 15.6. The number of benzene rings is 1. The van der Waals surface area contributed by atoms with Crippen molar-refractivity contribution >= 4 is 18.0 Å². The van der Waals surface area contributed by atoms with Gasteiger partial charge in [0.1, 0.15) is 17.8 Å². The zero-order valence-electron chi connectivity index (χ0n) is 17.6.